The minimum absolute atomic E-state index is 0.210. The van der Waals surface area contributed by atoms with Crippen LogP contribution in [0.3, 0.4) is 0 Å². The van der Waals surface area contributed by atoms with E-state index in [1.54, 1.807) is 6.07 Å². The number of benzene rings is 1. The summed E-state index contributed by atoms with van der Waals surface area (Å²) in [5.74, 6) is 0.270. The first-order chi connectivity index (χ1) is 8.00. The van der Waals surface area contributed by atoms with E-state index in [-0.39, 0.29) is 5.91 Å². The van der Waals surface area contributed by atoms with Gasteiger partial charge in [0.15, 0.2) is 5.11 Å². The van der Waals surface area contributed by atoms with Gasteiger partial charge in [0, 0.05) is 11.0 Å². The SMILES string of the molecule is CC(C)CNC(=S)NC(=O)c1ccccc1Br. The van der Waals surface area contributed by atoms with Gasteiger partial charge in [-0.15, -0.1) is 0 Å². The lowest BCUT2D eigenvalue weighted by atomic mass is 10.2. The molecule has 0 spiro atoms. The third-order valence-corrected chi connectivity index (χ3v) is 2.95. The molecule has 3 nitrogen and oxygen atoms in total. The van der Waals surface area contributed by atoms with E-state index >= 15 is 0 Å². The molecular weight excluding hydrogens is 300 g/mol. The Morgan fingerprint density at radius 2 is 2.06 bits per heavy atom. The van der Waals surface area contributed by atoms with Gasteiger partial charge in [-0.2, -0.15) is 0 Å². The molecule has 0 aliphatic heterocycles. The van der Waals surface area contributed by atoms with Crippen LogP contribution in [-0.2, 0) is 0 Å². The highest BCUT2D eigenvalue weighted by atomic mass is 79.9. The number of carbonyl (C=O) groups excluding carboxylic acids is 1. The van der Waals surface area contributed by atoms with Crippen molar-refractivity contribution in [2.75, 3.05) is 6.54 Å². The second-order valence-corrected chi connectivity index (χ2v) is 5.30. The fraction of sp³-hybridized carbons (Fsp3) is 0.333. The van der Waals surface area contributed by atoms with Gasteiger partial charge in [0.25, 0.3) is 5.91 Å². The molecule has 0 aliphatic rings. The maximum atomic E-state index is 11.9. The van der Waals surface area contributed by atoms with E-state index in [0.717, 1.165) is 11.0 Å². The maximum Gasteiger partial charge on any atom is 0.258 e. The van der Waals surface area contributed by atoms with E-state index < -0.39 is 0 Å². The second kappa shape index (κ2) is 6.71. The number of carbonyl (C=O) groups is 1. The van der Waals surface area contributed by atoms with Crippen LogP contribution >= 0.6 is 28.1 Å². The lowest BCUT2D eigenvalue weighted by molar-refractivity contribution is 0.0976. The Balaban J connectivity index is 2.55. The molecule has 0 fully saturated rings. The smallest absolute Gasteiger partial charge is 0.258 e. The third kappa shape index (κ3) is 4.83. The van der Waals surface area contributed by atoms with Crippen molar-refractivity contribution in [2.45, 2.75) is 13.8 Å². The van der Waals surface area contributed by atoms with Gasteiger partial charge >= 0.3 is 0 Å². The topological polar surface area (TPSA) is 41.1 Å². The van der Waals surface area contributed by atoms with Gasteiger partial charge in [-0.1, -0.05) is 26.0 Å². The van der Waals surface area contributed by atoms with Gasteiger partial charge in [-0.25, -0.2) is 0 Å². The standard InChI is InChI=1S/C12H15BrN2OS/c1-8(2)7-14-12(17)15-11(16)9-5-3-4-6-10(9)13/h3-6,8H,7H2,1-2H3,(H2,14,15,16,17). The first-order valence-corrected chi connectivity index (χ1v) is 6.54. The zero-order chi connectivity index (χ0) is 12.8. The maximum absolute atomic E-state index is 11.9. The first kappa shape index (κ1) is 14.1. The second-order valence-electron chi connectivity index (χ2n) is 4.04. The summed E-state index contributed by atoms with van der Waals surface area (Å²) in [6, 6.07) is 7.23. The molecule has 0 atom stereocenters. The highest BCUT2D eigenvalue weighted by molar-refractivity contribution is 9.10. The third-order valence-electron chi connectivity index (χ3n) is 2.02. The van der Waals surface area contributed by atoms with Crippen LogP contribution < -0.4 is 10.6 Å². The molecule has 1 amide bonds. The number of rotatable bonds is 3. The van der Waals surface area contributed by atoms with E-state index in [4.69, 9.17) is 12.2 Å². The van der Waals surface area contributed by atoms with Gasteiger partial charge in [0.2, 0.25) is 0 Å². The lowest BCUT2D eigenvalue weighted by Gasteiger charge is -2.11. The van der Waals surface area contributed by atoms with Gasteiger partial charge in [0.1, 0.15) is 0 Å². The van der Waals surface area contributed by atoms with Crippen LogP contribution in [0.25, 0.3) is 0 Å². The fourth-order valence-electron chi connectivity index (χ4n) is 1.16. The Kier molecular flexibility index (Phi) is 5.58. The van der Waals surface area contributed by atoms with Crippen molar-refractivity contribution < 1.29 is 4.79 Å². The molecule has 1 aromatic carbocycles. The summed E-state index contributed by atoms with van der Waals surface area (Å²) < 4.78 is 0.754. The Labute approximate surface area is 115 Å². The summed E-state index contributed by atoms with van der Waals surface area (Å²) in [5.41, 5.74) is 0.571. The zero-order valence-electron chi connectivity index (χ0n) is 9.79. The predicted octanol–water partition coefficient (Wildman–Crippen LogP) is 2.71. The molecule has 0 saturated heterocycles. The van der Waals surface area contributed by atoms with Crippen molar-refractivity contribution >= 4 is 39.2 Å². The van der Waals surface area contributed by atoms with Crippen molar-refractivity contribution in [3.05, 3.63) is 34.3 Å². The van der Waals surface area contributed by atoms with Gasteiger partial charge < -0.3 is 5.32 Å². The average molecular weight is 315 g/mol. The van der Waals surface area contributed by atoms with Crippen LogP contribution in [0.5, 0.6) is 0 Å². The average Bonchev–Trinajstić information content (AvgIpc) is 2.26. The molecule has 0 radical (unpaired) electrons. The summed E-state index contributed by atoms with van der Waals surface area (Å²) in [6.45, 7) is 4.89. The Bertz CT molecular complexity index is 421. The van der Waals surface area contributed by atoms with Crippen LogP contribution in [0, 0.1) is 5.92 Å². The molecule has 92 valence electrons. The molecule has 0 heterocycles. The molecule has 0 bridgehead atoms. The van der Waals surface area contributed by atoms with Crippen molar-refractivity contribution in [3.8, 4) is 0 Å². The molecule has 0 unspecified atom stereocenters. The minimum atomic E-state index is -0.210. The monoisotopic (exact) mass is 314 g/mol. The molecule has 17 heavy (non-hydrogen) atoms. The van der Waals surface area contributed by atoms with Gasteiger partial charge in [-0.3, -0.25) is 10.1 Å². The highest BCUT2D eigenvalue weighted by Crippen LogP contribution is 2.15. The van der Waals surface area contributed by atoms with Crippen LogP contribution in [0.15, 0.2) is 28.7 Å². The fourth-order valence-corrected chi connectivity index (χ4v) is 1.80. The summed E-state index contributed by atoms with van der Waals surface area (Å²) in [6.07, 6.45) is 0. The van der Waals surface area contributed by atoms with E-state index in [2.05, 4.69) is 40.4 Å². The van der Waals surface area contributed by atoms with E-state index in [1.807, 2.05) is 18.2 Å². The number of amides is 1. The minimum Gasteiger partial charge on any atom is -0.362 e. The number of hydrogen-bond acceptors (Lipinski definition) is 2. The number of nitrogens with one attached hydrogen (secondary N) is 2. The Morgan fingerprint density at radius 3 is 2.65 bits per heavy atom. The molecule has 2 N–H and O–H groups in total. The van der Waals surface area contributed by atoms with Crippen LogP contribution in [0.1, 0.15) is 24.2 Å². The van der Waals surface area contributed by atoms with Crippen LogP contribution in [0.2, 0.25) is 0 Å². The van der Waals surface area contributed by atoms with E-state index in [9.17, 15) is 4.79 Å². The molecule has 1 rings (SSSR count). The lowest BCUT2D eigenvalue weighted by Crippen LogP contribution is -2.40. The number of hydrogen-bond donors (Lipinski definition) is 2. The molecule has 0 aromatic heterocycles. The predicted molar refractivity (Wildman–Crippen MR) is 77.0 cm³/mol. The van der Waals surface area contributed by atoms with Crippen molar-refractivity contribution in [1.29, 1.82) is 0 Å². The van der Waals surface area contributed by atoms with Crippen molar-refractivity contribution in [1.82, 2.24) is 10.6 Å². The quantitative estimate of drug-likeness (QED) is 0.843. The number of halogens is 1. The summed E-state index contributed by atoms with van der Waals surface area (Å²) in [4.78, 5) is 11.9. The molecule has 0 aliphatic carbocycles. The molecule has 5 heteroatoms. The Hall–Kier alpha value is -0.940. The molecule has 0 saturated carbocycles. The number of thiocarbonyl (C=S) groups is 1. The summed E-state index contributed by atoms with van der Waals surface area (Å²) >= 11 is 8.36. The molecular formula is C12H15BrN2OS. The largest absolute Gasteiger partial charge is 0.362 e. The zero-order valence-corrected chi connectivity index (χ0v) is 12.2. The summed E-state index contributed by atoms with van der Waals surface area (Å²) in [5, 5.41) is 5.99. The van der Waals surface area contributed by atoms with Gasteiger partial charge in [-0.05, 0) is 46.2 Å². The van der Waals surface area contributed by atoms with Crippen molar-refractivity contribution in [2.24, 2.45) is 5.92 Å². The van der Waals surface area contributed by atoms with Crippen molar-refractivity contribution in [3.63, 3.8) is 0 Å². The normalized spacial score (nSPS) is 10.1. The van der Waals surface area contributed by atoms with E-state index in [1.165, 1.54) is 0 Å². The first-order valence-electron chi connectivity index (χ1n) is 5.34. The van der Waals surface area contributed by atoms with Gasteiger partial charge in [0.05, 0.1) is 5.56 Å². The Morgan fingerprint density at radius 1 is 1.41 bits per heavy atom. The highest BCUT2D eigenvalue weighted by Gasteiger charge is 2.10. The van der Waals surface area contributed by atoms with E-state index in [0.29, 0.717) is 16.6 Å². The molecule has 1 aromatic rings. The summed E-state index contributed by atoms with van der Waals surface area (Å²) in [7, 11) is 0. The van der Waals surface area contributed by atoms with Crippen LogP contribution in [-0.4, -0.2) is 17.6 Å². The van der Waals surface area contributed by atoms with Crippen LogP contribution in [0.4, 0.5) is 0 Å².